The van der Waals surface area contributed by atoms with E-state index in [2.05, 4.69) is 22.9 Å². The van der Waals surface area contributed by atoms with Gasteiger partial charge in [-0.3, -0.25) is 0 Å². The summed E-state index contributed by atoms with van der Waals surface area (Å²) in [5.74, 6) is -0.205. The Morgan fingerprint density at radius 3 is 2.47 bits per heavy atom. The minimum atomic E-state index is -0.205. The molecule has 0 unspecified atom stereocenters. The first-order valence-corrected chi connectivity index (χ1v) is 6.29. The number of halogens is 1. The molecule has 0 fully saturated rings. The maximum absolute atomic E-state index is 12.9. The number of benzene rings is 2. The van der Waals surface area contributed by atoms with Crippen LogP contribution in [0.3, 0.4) is 0 Å². The molecule has 2 N–H and O–H groups in total. The molecular weight excluding hydrogens is 239 g/mol. The van der Waals surface area contributed by atoms with Crippen molar-refractivity contribution in [2.24, 2.45) is 5.73 Å². The number of aromatic nitrogens is 1. The van der Waals surface area contributed by atoms with E-state index in [9.17, 15) is 4.39 Å². The Morgan fingerprint density at radius 2 is 1.74 bits per heavy atom. The maximum Gasteiger partial charge on any atom is 0.123 e. The zero-order valence-electron chi connectivity index (χ0n) is 10.5. The zero-order chi connectivity index (χ0) is 13.2. The van der Waals surface area contributed by atoms with Crippen LogP contribution < -0.4 is 5.73 Å². The molecule has 0 atom stereocenters. The van der Waals surface area contributed by atoms with Crippen molar-refractivity contribution in [3.63, 3.8) is 0 Å². The summed E-state index contributed by atoms with van der Waals surface area (Å²) in [6.07, 6.45) is 2.08. The second kappa shape index (κ2) is 4.86. The number of nitrogens with zero attached hydrogens (tertiary/aromatic N) is 1. The SMILES string of the molecule is NCc1cn(Cc2ccc(F)cc2)c2ccccc12. The van der Waals surface area contributed by atoms with Crippen LogP contribution in [-0.4, -0.2) is 4.57 Å². The summed E-state index contributed by atoms with van der Waals surface area (Å²) in [4.78, 5) is 0. The predicted octanol–water partition coefficient (Wildman–Crippen LogP) is 3.29. The standard InChI is InChI=1S/C16H15FN2/c17-14-7-5-12(6-8-14)10-19-11-13(9-18)15-3-1-2-4-16(15)19/h1-8,11H,9-10,18H2. The van der Waals surface area contributed by atoms with Crippen molar-refractivity contribution < 1.29 is 4.39 Å². The summed E-state index contributed by atoms with van der Waals surface area (Å²) >= 11 is 0. The summed E-state index contributed by atoms with van der Waals surface area (Å²) in [7, 11) is 0. The van der Waals surface area contributed by atoms with E-state index in [0.29, 0.717) is 6.54 Å². The highest BCUT2D eigenvalue weighted by molar-refractivity contribution is 5.84. The third kappa shape index (κ3) is 2.25. The third-order valence-electron chi connectivity index (χ3n) is 3.36. The van der Waals surface area contributed by atoms with Gasteiger partial charge in [-0.1, -0.05) is 30.3 Å². The molecule has 0 aliphatic heterocycles. The van der Waals surface area contributed by atoms with E-state index in [-0.39, 0.29) is 5.82 Å². The van der Waals surface area contributed by atoms with Crippen molar-refractivity contribution in [3.05, 3.63) is 71.7 Å². The lowest BCUT2D eigenvalue weighted by Crippen LogP contribution is -1.98. The first kappa shape index (κ1) is 11.9. The van der Waals surface area contributed by atoms with Gasteiger partial charge in [0.05, 0.1) is 0 Å². The number of fused-ring (bicyclic) bond motifs is 1. The second-order valence-electron chi connectivity index (χ2n) is 4.63. The van der Waals surface area contributed by atoms with Crippen LogP contribution in [0.1, 0.15) is 11.1 Å². The van der Waals surface area contributed by atoms with E-state index in [1.54, 1.807) is 0 Å². The van der Waals surface area contributed by atoms with Crippen molar-refractivity contribution in [3.8, 4) is 0 Å². The molecule has 0 saturated carbocycles. The van der Waals surface area contributed by atoms with Crippen molar-refractivity contribution >= 4 is 10.9 Å². The first-order chi connectivity index (χ1) is 9.28. The van der Waals surface area contributed by atoms with Gasteiger partial charge in [0.1, 0.15) is 5.82 Å². The summed E-state index contributed by atoms with van der Waals surface area (Å²) in [5.41, 5.74) is 9.15. The quantitative estimate of drug-likeness (QED) is 0.764. The van der Waals surface area contributed by atoms with Gasteiger partial charge in [-0.25, -0.2) is 4.39 Å². The Kier molecular flexibility index (Phi) is 3.05. The van der Waals surface area contributed by atoms with Crippen LogP contribution >= 0.6 is 0 Å². The van der Waals surface area contributed by atoms with Crippen LogP contribution in [0.25, 0.3) is 10.9 Å². The van der Waals surface area contributed by atoms with Gasteiger partial charge in [0, 0.05) is 30.2 Å². The highest BCUT2D eigenvalue weighted by Crippen LogP contribution is 2.22. The van der Waals surface area contributed by atoms with Gasteiger partial charge < -0.3 is 10.3 Å². The van der Waals surface area contributed by atoms with Crippen LogP contribution in [-0.2, 0) is 13.1 Å². The van der Waals surface area contributed by atoms with Crippen LogP contribution in [0.4, 0.5) is 4.39 Å². The Bertz CT molecular complexity index is 698. The molecule has 0 aliphatic rings. The van der Waals surface area contributed by atoms with Crippen LogP contribution in [0.2, 0.25) is 0 Å². The molecule has 3 aromatic rings. The van der Waals surface area contributed by atoms with Crippen molar-refractivity contribution in [2.75, 3.05) is 0 Å². The number of hydrogen-bond donors (Lipinski definition) is 1. The normalized spacial score (nSPS) is 11.1. The monoisotopic (exact) mass is 254 g/mol. The van der Waals surface area contributed by atoms with Gasteiger partial charge >= 0.3 is 0 Å². The number of hydrogen-bond acceptors (Lipinski definition) is 1. The van der Waals surface area contributed by atoms with Crippen molar-refractivity contribution in [2.45, 2.75) is 13.1 Å². The van der Waals surface area contributed by atoms with Crippen LogP contribution in [0.5, 0.6) is 0 Å². The maximum atomic E-state index is 12.9. The molecule has 2 aromatic carbocycles. The molecule has 0 amide bonds. The van der Waals surface area contributed by atoms with E-state index in [1.807, 2.05) is 24.3 Å². The summed E-state index contributed by atoms with van der Waals surface area (Å²) in [6, 6.07) is 14.8. The lowest BCUT2D eigenvalue weighted by Gasteiger charge is -2.05. The smallest absolute Gasteiger partial charge is 0.123 e. The van der Waals surface area contributed by atoms with Gasteiger partial charge in [0.15, 0.2) is 0 Å². The average molecular weight is 254 g/mol. The van der Waals surface area contributed by atoms with Crippen molar-refractivity contribution in [1.82, 2.24) is 4.57 Å². The highest BCUT2D eigenvalue weighted by atomic mass is 19.1. The Labute approximate surface area is 111 Å². The van der Waals surface area contributed by atoms with Gasteiger partial charge in [-0.05, 0) is 29.3 Å². The lowest BCUT2D eigenvalue weighted by atomic mass is 10.2. The molecule has 1 heterocycles. The predicted molar refractivity (Wildman–Crippen MR) is 75.3 cm³/mol. The summed E-state index contributed by atoms with van der Waals surface area (Å²) < 4.78 is 15.1. The van der Waals surface area contributed by atoms with E-state index >= 15 is 0 Å². The number of para-hydroxylation sites is 1. The molecule has 96 valence electrons. The fraction of sp³-hybridized carbons (Fsp3) is 0.125. The van der Waals surface area contributed by atoms with Gasteiger partial charge in [0.25, 0.3) is 0 Å². The van der Waals surface area contributed by atoms with E-state index in [0.717, 1.165) is 23.2 Å². The molecule has 0 saturated heterocycles. The zero-order valence-corrected chi connectivity index (χ0v) is 10.5. The summed E-state index contributed by atoms with van der Waals surface area (Å²) in [5, 5.41) is 1.19. The Hall–Kier alpha value is -2.13. The van der Waals surface area contributed by atoms with Gasteiger partial charge in [-0.15, -0.1) is 0 Å². The first-order valence-electron chi connectivity index (χ1n) is 6.29. The molecule has 3 rings (SSSR count). The fourth-order valence-corrected chi connectivity index (χ4v) is 2.40. The molecule has 0 radical (unpaired) electrons. The molecule has 0 spiro atoms. The van der Waals surface area contributed by atoms with E-state index < -0.39 is 0 Å². The molecule has 1 aromatic heterocycles. The molecule has 0 bridgehead atoms. The van der Waals surface area contributed by atoms with Gasteiger partial charge in [0.2, 0.25) is 0 Å². The van der Waals surface area contributed by atoms with E-state index in [1.165, 1.54) is 17.5 Å². The fourth-order valence-electron chi connectivity index (χ4n) is 2.40. The van der Waals surface area contributed by atoms with Crippen LogP contribution in [0.15, 0.2) is 54.7 Å². The summed E-state index contributed by atoms with van der Waals surface area (Å²) in [6.45, 7) is 1.25. The average Bonchev–Trinajstić information content (AvgIpc) is 2.80. The molecule has 2 nitrogen and oxygen atoms in total. The van der Waals surface area contributed by atoms with E-state index in [4.69, 9.17) is 5.73 Å². The Morgan fingerprint density at radius 1 is 1.00 bits per heavy atom. The minimum Gasteiger partial charge on any atom is -0.343 e. The second-order valence-corrected chi connectivity index (χ2v) is 4.63. The lowest BCUT2D eigenvalue weighted by molar-refractivity contribution is 0.626. The third-order valence-corrected chi connectivity index (χ3v) is 3.36. The Balaban J connectivity index is 2.03. The number of nitrogens with two attached hydrogens (primary N) is 1. The van der Waals surface area contributed by atoms with Crippen LogP contribution in [0, 0.1) is 5.82 Å². The topological polar surface area (TPSA) is 30.9 Å². The molecule has 3 heteroatoms. The van der Waals surface area contributed by atoms with Gasteiger partial charge in [-0.2, -0.15) is 0 Å². The largest absolute Gasteiger partial charge is 0.343 e. The number of rotatable bonds is 3. The molecule has 19 heavy (non-hydrogen) atoms. The van der Waals surface area contributed by atoms with Crippen molar-refractivity contribution in [1.29, 1.82) is 0 Å². The minimum absolute atomic E-state index is 0.205. The highest BCUT2D eigenvalue weighted by Gasteiger charge is 2.07. The molecule has 0 aliphatic carbocycles. The molecular formula is C16H15FN2.